The van der Waals surface area contributed by atoms with E-state index < -0.39 is 0 Å². The molecule has 0 aromatic heterocycles. The molecule has 3 rings (SSSR count). The zero-order chi connectivity index (χ0) is 9.60. The van der Waals surface area contributed by atoms with Crippen molar-refractivity contribution in [1.82, 2.24) is 0 Å². The van der Waals surface area contributed by atoms with E-state index in [-0.39, 0.29) is 0 Å². The predicted molar refractivity (Wildman–Crippen MR) is 59.1 cm³/mol. The van der Waals surface area contributed by atoms with Crippen molar-refractivity contribution in [2.45, 2.75) is 25.2 Å². The number of hydrogen-bond donors (Lipinski definition) is 0. The highest BCUT2D eigenvalue weighted by Gasteiger charge is 2.45. The summed E-state index contributed by atoms with van der Waals surface area (Å²) in [5.41, 5.74) is 1.91. The van der Waals surface area contributed by atoms with Crippen LogP contribution in [0.5, 0.6) is 0 Å². The molecule has 0 nitrogen and oxygen atoms in total. The van der Waals surface area contributed by atoms with Crippen molar-refractivity contribution < 1.29 is 0 Å². The number of benzene rings is 1. The Kier molecular flexibility index (Phi) is 1.61. The van der Waals surface area contributed by atoms with Crippen molar-refractivity contribution in [2.24, 2.45) is 11.8 Å². The third kappa shape index (κ3) is 1.00. The van der Waals surface area contributed by atoms with Gasteiger partial charge in [0.25, 0.3) is 0 Å². The van der Waals surface area contributed by atoms with Crippen LogP contribution < -0.4 is 0 Å². The minimum atomic E-state index is 0.394. The summed E-state index contributed by atoms with van der Waals surface area (Å²) in [4.78, 5) is 0. The van der Waals surface area contributed by atoms with Crippen molar-refractivity contribution in [2.75, 3.05) is 0 Å². The van der Waals surface area contributed by atoms with Gasteiger partial charge < -0.3 is 0 Å². The number of allylic oxidation sites excluding steroid dienone is 2. The summed E-state index contributed by atoms with van der Waals surface area (Å²) >= 11 is 0. The highest BCUT2D eigenvalue weighted by atomic mass is 14.5. The second kappa shape index (κ2) is 2.73. The monoisotopic (exact) mass is 184 g/mol. The van der Waals surface area contributed by atoms with Gasteiger partial charge in [0.05, 0.1) is 0 Å². The zero-order valence-corrected chi connectivity index (χ0v) is 8.61. The molecule has 2 aliphatic rings. The van der Waals surface area contributed by atoms with Crippen LogP contribution in [0.2, 0.25) is 0 Å². The summed E-state index contributed by atoms with van der Waals surface area (Å²) in [7, 11) is 0. The van der Waals surface area contributed by atoms with Gasteiger partial charge in [-0.05, 0) is 30.2 Å². The van der Waals surface area contributed by atoms with Crippen LogP contribution >= 0.6 is 0 Å². The fourth-order valence-corrected chi connectivity index (χ4v) is 3.23. The molecule has 0 saturated heterocycles. The van der Waals surface area contributed by atoms with E-state index in [9.17, 15) is 0 Å². The molecule has 3 atom stereocenters. The van der Waals surface area contributed by atoms with Crippen molar-refractivity contribution in [3.05, 3.63) is 48.0 Å². The van der Waals surface area contributed by atoms with E-state index in [4.69, 9.17) is 0 Å². The molecule has 0 spiro atoms. The Hall–Kier alpha value is -1.04. The summed E-state index contributed by atoms with van der Waals surface area (Å²) in [5, 5.41) is 0. The first-order valence-electron chi connectivity index (χ1n) is 5.55. The molecule has 1 aromatic carbocycles. The number of rotatable bonds is 1. The largest absolute Gasteiger partial charge is 0.0842 e. The van der Waals surface area contributed by atoms with Crippen LogP contribution in [0.1, 0.15) is 25.3 Å². The maximum absolute atomic E-state index is 2.45. The Balaban J connectivity index is 2.04. The SMILES string of the molecule is CC1CC2(c3ccccc3)C=CC1C2. The summed E-state index contributed by atoms with van der Waals surface area (Å²) in [6.45, 7) is 2.39. The normalized spacial score (nSPS) is 39.2. The van der Waals surface area contributed by atoms with Crippen LogP contribution in [-0.2, 0) is 5.41 Å². The Morgan fingerprint density at radius 1 is 1.14 bits per heavy atom. The molecule has 2 aliphatic carbocycles. The molecule has 0 heteroatoms. The van der Waals surface area contributed by atoms with E-state index in [1.54, 1.807) is 0 Å². The molecular formula is C14H16. The van der Waals surface area contributed by atoms with Crippen LogP contribution in [0.4, 0.5) is 0 Å². The number of hydrogen-bond acceptors (Lipinski definition) is 0. The van der Waals surface area contributed by atoms with Crippen LogP contribution in [0.25, 0.3) is 0 Å². The van der Waals surface area contributed by atoms with E-state index >= 15 is 0 Å². The molecular weight excluding hydrogens is 168 g/mol. The molecule has 1 fully saturated rings. The van der Waals surface area contributed by atoms with E-state index in [2.05, 4.69) is 49.4 Å². The summed E-state index contributed by atoms with van der Waals surface area (Å²) in [6, 6.07) is 11.0. The second-order valence-corrected chi connectivity index (χ2v) is 4.93. The minimum Gasteiger partial charge on any atom is -0.0842 e. The van der Waals surface area contributed by atoms with Crippen LogP contribution in [-0.4, -0.2) is 0 Å². The molecule has 3 unspecified atom stereocenters. The molecule has 0 amide bonds. The minimum absolute atomic E-state index is 0.394. The second-order valence-electron chi connectivity index (χ2n) is 4.93. The van der Waals surface area contributed by atoms with Crippen molar-refractivity contribution in [3.63, 3.8) is 0 Å². The van der Waals surface area contributed by atoms with Gasteiger partial charge in [0, 0.05) is 5.41 Å². The van der Waals surface area contributed by atoms with Gasteiger partial charge in [-0.15, -0.1) is 0 Å². The van der Waals surface area contributed by atoms with Gasteiger partial charge in [-0.25, -0.2) is 0 Å². The average Bonchev–Trinajstić information content (AvgIpc) is 2.77. The van der Waals surface area contributed by atoms with Gasteiger partial charge in [-0.1, -0.05) is 49.4 Å². The van der Waals surface area contributed by atoms with Crippen LogP contribution in [0.3, 0.4) is 0 Å². The fraction of sp³-hybridized carbons (Fsp3) is 0.429. The van der Waals surface area contributed by atoms with Gasteiger partial charge in [-0.2, -0.15) is 0 Å². The molecule has 0 radical (unpaired) electrons. The summed E-state index contributed by atoms with van der Waals surface area (Å²) < 4.78 is 0. The molecule has 72 valence electrons. The maximum atomic E-state index is 2.45. The quantitative estimate of drug-likeness (QED) is 0.586. The summed E-state index contributed by atoms with van der Waals surface area (Å²) in [5.74, 6) is 1.72. The van der Waals surface area contributed by atoms with Crippen molar-refractivity contribution >= 4 is 0 Å². The molecule has 2 bridgehead atoms. The Bertz CT molecular complexity index is 363. The Morgan fingerprint density at radius 2 is 1.93 bits per heavy atom. The first-order chi connectivity index (χ1) is 6.80. The van der Waals surface area contributed by atoms with E-state index in [1.807, 2.05) is 0 Å². The molecule has 0 heterocycles. The van der Waals surface area contributed by atoms with Crippen LogP contribution in [0.15, 0.2) is 42.5 Å². The van der Waals surface area contributed by atoms with Gasteiger partial charge >= 0.3 is 0 Å². The topological polar surface area (TPSA) is 0 Å². The highest BCUT2D eigenvalue weighted by molar-refractivity contribution is 5.37. The summed E-state index contributed by atoms with van der Waals surface area (Å²) in [6.07, 6.45) is 7.57. The first-order valence-corrected chi connectivity index (χ1v) is 5.55. The lowest BCUT2D eigenvalue weighted by Gasteiger charge is -2.25. The third-order valence-electron chi connectivity index (χ3n) is 4.03. The van der Waals surface area contributed by atoms with Gasteiger partial charge in [0.15, 0.2) is 0 Å². The lowest BCUT2D eigenvalue weighted by atomic mass is 9.79. The van der Waals surface area contributed by atoms with Crippen molar-refractivity contribution in [3.8, 4) is 0 Å². The first kappa shape index (κ1) is 8.28. The molecule has 14 heavy (non-hydrogen) atoms. The standard InChI is InChI=1S/C14H16/c1-11-9-14(8-7-12(11)10-14)13-5-3-2-4-6-13/h2-8,11-12H,9-10H2,1H3. The predicted octanol–water partition coefficient (Wildman–Crippen LogP) is 3.54. The Morgan fingerprint density at radius 3 is 2.50 bits per heavy atom. The van der Waals surface area contributed by atoms with Gasteiger partial charge in [-0.3, -0.25) is 0 Å². The van der Waals surface area contributed by atoms with E-state index in [1.165, 1.54) is 18.4 Å². The molecule has 1 saturated carbocycles. The molecule has 0 N–H and O–H groups in total. The van der Waals surface area contributed by atoms with E-state index in [0.29, 0.717) is 5.41 Å². The lowest BCUT2D eigenvalue weighted by Crippen LogP contribution is -2.18. The van der Waals surface area contributed by atoms with Gasteiger partial charge in [0.1, 0.15) is 0 Å². The highest BCUT2D eigenvalue weighted by Crippen LogP contribution is 2.53. The average molecular weight is 184 g/mol. The molecule has 1 aromatic rings. The lowest BCUT2D eigenvalue weighted by molar-refractivity contribution is 0.478. The van der Waals surface area contributed by atoms with E-state index in [0.717, 1.165) is 11.8 Å². The smallest absolute Gasteiger partial charge is 0.0140 e. The Labute approximate surface area is 85.6 Å². The van der Waals surface area contributed by atoms with Crippen molar-refractivity contribution in [1.29, 1.82) is 0 Å². The fourth-order valence-electron chi connectivity index (χ4n) is 3.23. The maximum Gasteiger partial charge on any atom is 0.0140 e. The van der Waals surface area contributed by atoms with Gasteiger partial charge in [0.2, 0.25) is 0 Å². The molecule has 0 aliphatic heterocycles. The zero-order valence-electron chi connectivity index (χ0n) is 8.61. The third-order valence-corrected chi connectivity index (χ3v) is 4.03. The number of fused-ring (bicyclic) bond motifs is 2. The van der Waals surface area contributed by atoms with Crippen LogP contribution in [0, 0.1) is 11.8 Å².